The summed E-state index contributed by atoms with van der Waals surface area (Å²) in [5.74, 6) is -2.95. The Bertz CT molecular complexity index is 518. The molecule has 1 rings (SSSR count). The van der Waals surface area contributed by atoms with Crippen LogP contribution in [0.4, 0.5) is 13.2 Å². The molecule has 0 aromatic rings. The molecule has 136 valence electrons. The second-order valence-electron chi connectivity index (χ2n) is 5.60. The molecule has 0 spiro atoms. The fraction of sp³-hybridized carbons (Fsp3) is 0.667. The van der Waals surface area contributed by atoms with Gasteiger partial charge in [0, 0.05) is 6.92 Å². The van der Waals surface area contributed by atoms with Gasteiger partial charge >= 0.3 is 18.1 Å². The van der Waals surface area contributed by atoms with Gasteiger partial charge in [-0.3, -0.25) is 14.4 Å². The molecule has 9 heteroatoms. The lowest BCUT2D eigenvalue weighted by molar-refractivity contribution is -0.185. The van der Waals surface area contributed by atoms with Gasteiger partial charge in [-0.1, -0.05) is 6.08 Å². The Morgan fingerprint density at radius 3 is 2.42 bits per heavy atom. The first-order chi connectivity index (χ1) is 11.0. The van der Waals surface area contributed by atoms with Gasteiger partial charge in [-0.25, -0.2) is 0 Å². The molecule has 0 aromatic heterocycles. The number of rotatable bonds is 5. The van der Waals surface area contributed by atoms with Crippen LogP contribution in [0.3, 0.4) is 0 Å². The molecule has 0 saturated carbocycles. The highest BCUT2D eigenvalue weighted by Crippen LogP contribution is 2.26. The van der Waals surface area contributed by atoms with Crippen molar-refractivity contribution in [1.82, 2.24) is 5.32 Å². The van der Waals surface area contributed by atoms with Crippen LogP contribution in [-0.4, -0.2) is 48.2 Å². The molecule has 0 aliphatic carbocycles. The molecular weight excluding hydrogens is 331 g/mol. The van der Waals surface area contributed by atoms with Crippen molar-refractivity contribution in [1.29, 1.82) is 0 Å². The predicted molar refractivity (Wildman–Crippen MR) is 76.9 cm³/mol. The molecule has 0 unspecified atom stereocenters. The molecule has 1 amide bonds. The molecule has 0 radical (unpaired) electrons. The number of nitrogens with one attached hydrogen (secondary N) is 1. The highest BCUT2D eigenvalue weighted by atomic mass is 19.4. The van der Waals surface area contributed by atoms with Crippen molar-refractivity contribution in [3.05, 3.63) is 12.2 Å². The SMILES string of the molecule is CC(=O)/C=C/C[C@H]1C[C@H](NC(=O)C(F)(F)F)[C@H](OC(C)=O)[C@H](C)O1. The summed E-state index contributed by atoms with van der Waals surface area (Å²) in [6, 6.07) is -1.04. The zero-order valence-corrected chi connectivity index (χ0v) is 13.6. The van der Waals surface area contributed by atoms with Gasteiger partial charge < -0.3 is 14.8 Å². The number of ether oxygens (including phenoxy) is 2. The van der Waals surface area contributed by atoms with E-state index in [4.69, 9.17) is 9.47 Å². The molecule has 1 aliphatic rings. The van der Waals surface area contributed by atoms with Gasteiger partial charge in [-0.05, 0) is 32.8 Å². The lowest BCUT2D eigenvalue weighted by Crippen LogP contribution is -2.58. The smallest absolute Gasteiger partial charge is 0.458 e. The highest BCUT2D eigenvalue weighted by Gasteiger charge is 2.45. The van der Waals surface area contributed by atoms with Crippen LogP contribution in [0.25, 0.3) is 0 Å². The van der Waals surface area contributed by atoms with Gasteiger partial charge in [-0.2, -0.15) is 13.2 Å². The van der Waals surface area contributed by atoms with Crippen molar-refractivity contribution in [2.75, 3.05) is 0 Å². The average molecular weight is 351 g/mol. The summed E-state index contributed by atoms with van der Waals surface area (Å²) in [5.41, 5.74) is 0. The maximum Gasteiger partial charge on any atom is 0.471 e. The van der Waals surface area contributed by atoms with Gasteiger partial charge in [0.15, 0.2) is 5.78 Å². The Morgan fingerprint density at radius 2 is 1.92 bits per heavy atom. The van der Waals surface area contributed by atoms with E-state index < -0.39 is 42.4 Å². The monoisotopic (exact) mass is 351 g/mol. The number of hydrogen-bond donors (Lipinski definition) is 1. The Hall–Kier alpha value is -1.90. The van der Waals surface area contributed by atoms with Crippen LogP contribution in [0.1, 0.15) is 33.6 Å². The normalized spacial score (nSPS) is 27.8. The Kier molecular flexibility index (Phi) is 6.94. The molecule has 1 heterocycles. The lowest BCUT2D eigenvalue weighted by atomic mass is 9.94. The zero-order valence-electron chi connectivity index (χ0n) is 13.6. The van der Waals surface area contributed by atoms with Crippen molar-refractivity contribution in [3.8, 4) is 0 Å². The first kappa shape index (κ1) is 20.1. The number of halogens is 3. The molecule has 1 saturated heterocycles. The topological polar surface area (TPSA) is 81.7 Å². The van der Waals surface area contributed by atoms with Crippen molar-refractivity contribution in [2.45, 2.75) is 64.1 Å². The van der Waals surface area contributed by atoms with Crippen LogP contribution in [0.15, 0.2) is 12.2 Å². The lowest BCUT2D eigenvalue weighted by Gasteiger charge is -2.40. The summed E-state index contributed by atoms with van der Waals surface area (Å²) >= 11 is 0. The maximum atomic E-state index is 12.5. The van der Waals surface area contributed by atoms with E-state index in [1.807, 2.05) is 5.32 Å². The van der Waals surface area contributed by atoms with E-state index in [-0.39, 0.29) is 18.6 Å². The minimum absolute atomic E-state index is 0.0202. The summed E-state index contributed by atoms with van der Waals surface area (Å²) < 4.78 is 48.0. The van der Waals surface area contributed by atoms with E-state index >= 15 is 0 Å². The van der Waals surface area contributed by atoms with Crippen molar-refractivity contribution >= 4 is 17.7 Å². The minimum Gasteiger partial charge on any atom is -0.458 e. The molecule has 4 atom stereocenters. The molecule has 6 nitrogen and oxygen atoms in total. The standard InChI is InChI=1S/C15H20F3NO5/c1-8(20)5-4-6-11-7-12(19-14(22)15(16,17)18)13(9(2)23-11)24-10(3)21/h4-5,9,11-13H,6-7H2,1-3H3,(H,19,22)/b5-4+/t9-,11-,12-,13+/m0/s1. The molecule has 0 aromatic carbocycles. The summed E-state index contributed by atoms with van der Waals surface area (Å²) in [6.45, 7) is 4.03. The van der Waals surface area contributed by atoms with E-state index in [1.165, 1.54) is 13.0 Å². The van der Waals surface area contributed by atoms with Crippen molar-refractivity contribution in [2.24, 2.45) is 0 Å². The van der Waals surface area contributed by atoms with Gasteiger partial charge in [0.25, 0.3) is 0 Å². The molecular formula is C15H20F3NO5. The molecule has 0 bridgehead atoms. The number of esters is 1. The first-order valence-corrected chi connectivity index (χ1v) is 7.38. The average Bonchev–Trinajstić information content (AvgIpc) is 2.40. The van der Waals surface area contributed by atoms with E-state index in [9.17, 15) is 27.6 Å². The van der Waals surface area contributed by atoms with Gasteiger partial charge in [0.1, 0.15) is 6.10 Å². The molecule has 24 heavy (non-hydrogen) atoms. The fourth-order valence-corrected chi connectivity index (χ4v) is 2.48. The summed E-state index contributed by atoms with van der Waals surface area (Å²) in [7, 11) is 0. The van der Waals surface area contributed by atoms with E-state index in [2.05, 4.69) is 0 Å². The number of ketones is 1. The van der Waals surface area contributed by atoms with E-state index in [0.717, 1.165) is 6.92 Å². The fourth-order valence-electron chi connectivity index (χ4n) is 2.48. The first-order valence-electron chi connectivity index (χ1n) is 7.38. The molecule has 1 N–H and O–H groups in total. The quantitative estimate of drug-likeness (QED) is 0.602. The van der Waals surface area contributed by atoms with Crippen molar-refractivity contribution in [3.63, 3.8) is 0 Å². The van der Waals surface area contributed by atoms with Crippen LogP contribution in [-0.2, 0) is 23.9 Å². The second-order valence-corrected chi connectivity index (χ2v) is 5.60. The van der Waals surface area contributed by atoms with Crippen LogP contribution < -0.4 is 5.32 Å². The Balaban J connectivity index is 2.85. The second kappa shape index (κ2) is 8.27. The Labute approximate surface area is 137 Å². The Morgan fingerprint density at radius 1 is 1.29 bits per heavy atom. The number of hydrogen-bond acceptors (Lipinski definition) is 5. The van der Waals surface area contributed by atoms with Crippen LogP contribution >= 0.6 is 0 Å². The van der Waals surface area contributed by atoms with Gasteiger partial charge in [0.05, 0.1) is 18.2 Å². The summed E-state index contributed by atoms with van der Waals surface area (Å²) in [6.07, 6.45) is -4.10. The minimum atomic E-state index is -5.04. The predicted octanol–water partition coefficient (Wildman–Crippen LogP) is 1.68. The maximum absolute atomic E-state index is 12.5. The largest absolute Gasteiger partial charge is 0.471 e. The van der Waals surface area contributed by atoms with E-state index in [0.29, 0.717) is 0 Å². The number of carbonyl (C=O) groups is 3. The van der Waals surface area contributed by atoms with Crippen LogP contribution in [0.2, 0.25) is 0 Å². The summed E-state index contributed by atoms with van der Waals surface area (Å²) in [5, 5.41) is 1.86. The third-order valence-electron chi connectivity index (χ3n) is 3.41. The summed E-state index contributed by atoms with van der Waals surface area (Å²) in [4.78, 5) is 33.2. The van der Waals surface area contributed by atoms with Gasteiger partial charge in [0.2, 0.25) is 0 Å². The third kappa shape index (κ3) is 6.31. The van der Waals surface area contributed by atoms with Crippen LogP contribution in [0, 0.1) is 0 Å². The number of alkyl halides is 3. The third-order valence-corrected chi connectivity index (χ3v) is 3.41. The number of carbonyl (C=O) groups excluding carboxylic acids is 3. The van der Waals surface area contributed by atoms with E-state index in [1.54, 1.807) is 13.0 Å². The molecule has 1 fully saturated rings. The highest BCUT2D eigenvalue weighted by molar-refractivity contribution is 5.87. The van der Waals surface area contributed by atoms with Crippen molar-refractivity contribution < 1.29 is 37.0 Å². The van der Waals surface area contributed by atoms with Crippen LogP contribution in [0.5, 0.6) is 0 Å². The van der Waals surface area contributed by atoms with Gasteiger partial charge in [-0.15, -0.1) is 0 Å². The number of amides is 1. The molecule has 1 aliphatic heterocycles. The zero-order chi connectivity index (χ0) is 18.5. The number of allylic oxidation sites excluding steroid dienone is 1.